The average Bonchev–Trinajstić information content (AvgIpc) is 3.09. The van der Waals surface area contributed by atoms with E-state index in [1.54, 1.807) is 18.4 Å². The lowest BCUT2D eigenvalue weighted by molar-refractivity contribution is -0.135. The second-order valence-corrected chi connectivity index (χ2v) is 6.19. The Morgan fingerprint density at radius 2 is 2.00 bits per heavy atom. The van der Waals surface area contributed by atoms with Gasteiger partial charge in [-0.15, -0.1) is 0 Å². The molecule has 6 nitrogen and oxygen atoms in total. The third kappa shape index (κ3) is 3.21. The Balaban J connectivity index is 1.77. The molecule has 0 unspecified atom stereocenters. The minimum atomic E-state index is -0.117. The Morgan fingerprint density at radius 3 is 2.61 bits per heavy atom. The highest BCUT2D eigenvalue weighted by atomic mass is 16.3. The van der Waals surface area contributed by atoms with Gasteiger partial charge in [0.1, 0.15) is 5.69 Å². The second kappa shape index (κ2) is 6.40. The van der Waals surface area contributed by atoms with Gasteiger partial charge in [0.15, 0.2) is 5.76 Å². The molecule has 0 saturated carbocycles. The molecule has 0 N–H and O–H groups in total. The zero-order valence-corrected chi connectivity index (χ0v) is 13.4. The molecular formula is C17H21N3O3. The molecule has 2 aromatic rings. The van der Waals surface area contributed by atoms with E-state index in [1.165, 1.54) is 10.7 Å². The van der Waals surface area contributed by atoms with Crippen molar-refractivity contribution in [2.75, 3.05) is 13.1 Å². The van der Waals surface area contributed by atoms with Crippen LogP contribution in [0.3, 0.4) is 0 Å². The lowest BCUT2D eigenvalue weighted by Gasteiger charge is -2.33. The predicted molar refractivity (Wildman–Crippen MR) is 85.9 cm³/mol. The molecule has 3 rings (SSSR count). The van der Waals surface area contributed by atoms with Gasteiger partial charge in [-0.3, -0.25) is 9.59 Å². The van der Waals surface area contributed by atoms with Crippen molar-refractivity contribution in [1.82, 2.24) is 14.7 Å². The minimum absolute atomic E-state index is 0.00896. The van der Waals surface area contributed by atoms with E-state index in [9.17, 15) is 9.59 Å². The fourth-order valence-corrected chi connectivity index (χ4v) is 2.94. The zero-order chi connectivity index (χ0) is 16.4. The van der Waals surface area contributed by atoms with Gasteiger partial charge in [0.25, 0.3) is 5.56 Å². The molecular weight excluding hydrogens is 294 g/mol. The topological polar surface area (TPSA) is 68.3 Å². The smallest absolute Gasteiger partial charge is 0.267 e. The molecule has 1 fully saturated rings. The van der Waals surface area contributed by atoms with Crippen LogP contribution >= 0.6 is 0 Å². The largest absolute Gasteiger partial charge is 0.463 e. The van der Waals surface area contributed by atoms with Crippen LogP contribution in [0.1, 0.15) is 32.7 Å². The third-order valence-electron chi connectivity index (χ3n) is 4.21. The summed E-state index contributed by atoms with van der Waals surface area (Å²) in [5.74, 6) is 0.828. The summed E-state index contributed by atoms with van der Waals surface area (Å²) >= 11 is 0. The molecule has 1 saturated heterocycles. The van der Waals surface area contributed by atoms with Gasteiger partial charge in [-0.2, -0.15) is 5.10 Å². The van der Waals surface area contributed by atoms with Gasteiger partial charge in [-0.1, -0.05) is 13.8 Å². The molecule has 0 aromatic carbocycles. The fraction of sp³-hybridized carbons (Fsp3) is 0.471. The van der Waals surface area contributed by atoms with Crippen LogP contribution < -0.4 is 5.56 Å². The second-order valence-electron chi connectivity index (χ2n) is 6.19. The molecule has 0 atom stereocenters. The van der Waals surface area contributed by atoms with Crippen LogP contribution in [-0.4, -0.2) is 33.7 Å². The van der Waals surface area contributed by atoms with E-state index in [0.29, 0.717) is 24.5 Å². The first-order valence-electron chi connectivity index (χ1n) is 7.99. The van der Waals surface area contributed by atoms with E-state index in [-0.39, 0.29) is 23.4 Å². The first-order chi connectivity index (χ1) is 11.1. The summed E-state index contributed by atoms with van der Waals surface area (Å²) in [5, 5.41) is 4.45. The van der Waals surface area contributed by atoms with Gasteiger partial charge in [0.05, 0.1) is 12.3 Å². The van der Waals surface area contributed by atoms with Crippen molar-refractivity contribution in [1.29, 1.82) is 0 Å². The number of rotatable bonds is 3. The molecule has 23 heavy (non-hydrogen) atoms. The van der Waals surface area contributed by atoms with Crippen LogP contribution in [0.25, 0.3) is 11.5 Å². The standard InChI is InChI=1S/C17H21N3O3/c1-12(2)17(22)19-9-7-13(8-10-19)20-16(21)6-5-14(18-20)15-4-3-11-23-15/h3-6,11-13H,7-10H2,1-2H3. The molecule has 1 amide bonds. The molecule has 0 bridgehead atoms. The maximum atomic E-state index is 12.2. The van der Waals surface area contributed by atoms with Crippen molar-refractivity contribution in [2.24, 2.45) is 5.92 Å². The maximum Gasteiger partial charge on any atom is 0.267 e. The lowest BCUT2D eigenvalue weighted by Crippen LogP contribution is -2.42. The number of carbonyl (C=O) groups excluding carboxylic acids is 1. The Hall–Kier alpha value is -2.37. The van der Waals surface area contributed by atoms with Crippen molar-refractivity contribution < 1.29 is 9.21 Å². The van der Waals surface area contributed by atoms with Gasteiger partial charge >= 0.3 is 0 Å². The molecule has 0 aliphatic carbocycles. The van der Waals surface area contributed by atoms with Crippen LogP contribution in [0.2, 0.25) is 0 Å². The summed E-state index contributed by atoms with van der Waals surface area (Å²) in [5.41, 5.74) is 0.532. The van der Waals surface area contributed by atoms with Gasteiger partial charge in [0.2, 0.25) is 5.91 Å². The number of aromatic nitrogens is 2. The molecule has 1 aliphatic rings. The molecule has 2 aromatic heterocycles. The summed E-state index contributed by atoms with van der Waals surface area (Å²) in [6.07, 6.45) is 3.07. The van der Waals surface area contributed by atoms with E-state index in [1.807, 2.05) is 24.8 Å². The fourth-order valence-electron chi connectivity index (χ4n) is 2.94. The summed E-state index contributed by atoms with van der Waals surface area (Å²) in [6, 6.07) is 6.84. The van der Waals surface area contributed by atoms with Crippen molar-refractivity contribution in [3.05, 3.63) is 40.9 Å². The summed E-state index contributed by atoms with van der Waals surface area (Å²) in [7, 11) is 0. The lowest BCUT2D eigenvalue weighted by atomic mass is 10.0. The van der Waals surface area contributed by atoms with Crippen LogP contribution in [0, 0.1) is 5.92 Å². The van der Waals surface area contributed by atoms with Crippen LogP contribution in [-0.2, 0) is 4.79 Å². The van der Waals surface area contributed by atoms with E-state index >= 15 is 0 Å². The number of likely N-dealkylation sites (tertiary alicyclic amines) is 1. The number of piperidine rings is 1. The highest BCUT2D eigenvalue weighted by Gasteiger charge is 2.26. The molecule has 1 aliphatic heterocycles. The summed E-state index contributed by atoms with van der Waals surface area (Å²) in [6.45, 7) is 5.15. The highest BCUT2D eigenvalue weighted by Crippen LogP contribution is 2.23. The zero-order valence-electron chi connectivity index (χ0n) is 13.4. The number of amides is 1. The monoisotopic (exact) mass is 315 g/mol. The highest BCUT2D eigenvalue weighted by molar-refractivity contribution is 5.78. The van der Waals surface area contributed by atoms with E-state index in [4.69, 9.17) is 4.42 Å². The molecule has 122 valence electrons. The van der Waals surface area contributed by atoms with E-state index in [0.717, 1.165) is 12.8 Å². The first kappa shape index (κ1) is 15.5. The van der Waals surface area contributed by atoms with Gasteiger partial charge < -0.3 is 9.32 Å². The minimum Gasteiger partial charge on any atom is -0.463 e. The number of hydrogen-bond donors (Lipinski definition) is 0. The van der Waals surface area contributed by atoms with Crippen LogP contribution in [0.15, 0.2) is 39.7 Å². The van der Waals surface area contributed by atoms with Gasteiger partial charge in [-0.25, -0.2) is 4.68 Å². The van der Waals surface area contributed by atoms with E-state index < -0.39 is 0 Å². The van der Waals surface area contributed by atoms with Crippen LogP contribution in [0.5, 0.6) is 0 Å². The van der Waals surface area contributed by atoms with Gasteiger partial charge in [0, 0.05) is 25.1 Å². The van der Waals surface area contributed by atoms with Crippen molar-refractivity contribution in [2.45, 2.75) is 32.7 Å². The van der Waals surface area contributed by atoms with Crippen molar-refractivity contribution in [3.8, 4) is 11.5 Å². The Labute approximate surface area is 134 Å². The maximum absolute atomic E-state index is 12.2. The molecule has 3 heterocycles. The number of hydrogen-bond acceptors (Lipinski definition) is 4. The molecule has 0 radical (unpaired) electrons. The van der Waals surface area contributed by atoms with Crippen molar-refractivity contribution >= 4 is 5.91 Å². The number of furan rings is 1. The normalized spacial score (nSPS) is 16.0. The van der Waals surface area contributed by atoms with E-state index in [2.05, 4.69) is 5.10 Å². The average molecular weight is 315 g/mol. The first-order valence-corrected chi connectivity index (χ1v) is 7.99. The Kier molecular flexibility index (Phi) is 4.32. The molecule has 6 heteroatoms. The summed E-state index contributed by atoms with van der Waals surface area (Å²) < 4.78 is 6.88. The SMILES string of the molecule is CC(C)C(=O)N1CCC(n2nc(-c3ccco3)ccc2=O)CC1. The Bertz CT molecular complexity index is 726. The van der Waals surface area contributed by atoms with Crippen LogP contribution in [0.4, 0.5) is 0 Å². The summed E-state index contributed by atoms with van der Waals surface area (Å²) in [4.78, 5) is 26.1. The third-order valence-corrected chi connectivity index (χ3v) is 4.21. The quantitative estimate of drug-likeness (QED) is 0.871. The Morgan fingerprint density at radius 1 is 1.26 bits per heavy atom. The molecule has 0 spiro atoms. The number of nitrogens with zero attached hydrogens (tertiary/aromatic N) is 3. The number of carbonyl (C=O) groups is 1. The van der Waals surface area contributed by atoms with Gasteiger partial charge in [-0.05, 0) is 31.0 Å². The van der Waals surface area contributed by atoms with Crippen molar-refractivity contribution in [3.63, 3.8) is 0 Å². The predicted octanol–water partition coefficient (Wildman–Crippen LogP) is 2.32.